The Hall–Kier alpha value is -1.26. The minimum atomic E-state index is -0.0429. The molecule has 2 aromatic carbocycles. The Labute approximate surface area is 126 Å². The van der Waals surface area contributed by atoms with Crippen LogP contribution in [0.2, 0.25) is 0 Å². The molecule has 0 unspecified atom stereocenters. The summed E-state index contributed by atoms with van der Waals surface area (Å²) in [6.45, 7) is 0. The van der Waals surface area contributed by atoms with E-state index in [-0.39, 0.29) is 4.08 Å². The number of hydrogen-bond donors (Lipinski definition) is 0. The highest BCUT2D eigenvalue weighted by atomic mass is 32.2. The first-order valence-electron chi connectivity index (χ1n) is 6.57. The van der Waals surface area contributed by atoms with Crippen LogP contribution in [0.3, 0.4) is 0 Å². The summed E-state index contributed by atoms with van der Waals surface area (Å²) in [6.07, 6.45) is 0. The van der Waals surface area contributed by atoms with Gasteiger partial charge in [-0.2, -0.15) is 0 Å². The zero-order chi connectivity index (χ0) is 13.6. The van der Waals surface area contributed by atoms with Crippen molar-refractivity contribution in [3.05, 3.63) is 53.6 Å². The number of para-hydroxylation sites is 1. The molecule has 20 heavy (non-hydrogen) atoms. The van der Waals surface area contributed by atoms with Gasteiger partial charge in [0.05, 0.1) is 7.11 Å². The Morgan fingerprint density at radius 2 is 1.75 bits per heavy atom. The molecule has 2 heterocycles. The lowest BCUT2D eigenvalue weighted by Gasteiger charge is -2.35. The molecule has 2 aromatic rings. The molecule has 0 aliphatic carbocycles. The second kappa shape index (κ2) is 4.64. The van der Waals surface area contributed by atoms with Crippen molar-refractivity contribution in [2.45, 2.75) is 4.08 Å². The van der Waals surface area contributed by atoms with Gasteiger partial charge in [-0.25, -0.2) is 0 Å². The van der Waals surface area contributed by atoms with Crippen molar-refractivity contribution in [3.63, 3.8) is 0 Å². The van der Waals surface area contributed by atoms with Crippen LogP contribution in [-0.2, 0) is 4.08 Å². The summed E-state index contributed by atoms with van der Waals surface area (Å²) >= 11 is 4.00. The smallest absolute Gasteiger partial charge is 0.133 e. The van der Waals surface area contributed by atoms with Crippen LogP contribution < -0.4 is 9.47 Å². The van der Waals surface area contributed by atoms with Crippen molar-refractivity contribution < 1.29 is 9.47 Å². The topological polar surface area (TPSA) is 18.5 Å². The van der Waals surface area contributed by atoms with Gasteiger partial charge in [0.15, 0.2) is 0 Å². The molecule has 1 fully saturated rings. The Morgan fingerprint density at radius 1 is 1.00 bits per heavy atom. The van der Waals surface area contributed by atoms with Crippen LogP contribution in [0.25, 0.3) is 0 Å². The van der Waals surface area contributed by atoms with Crippen molar-refractivity contribution >= 4 is 23.5 Å². The van der Waals surface area contributed by atoms with Crippen molar-refractivity contribution in [1.82, 2.24) is 0 Å². The zero-order valence-corrected chi connectivity index (χ0v) is 12.7. The van der Waals surface area contributed by atoms with E-state index in [0.29, 0.717) is 0 Å². The molecule has 0 radical (unpaired) electrons. The molecule has 1 spiro atoms. The molecule has 2 aliphatic heterocycles. The molecular weight excluding hydrogens is 288 g/mol. The first-order chi connectivity index (χ1) is 9.83. The zero-order valence-electron chi connectivity index (χ0n) is 11.1. The third-order valence-electron chi connectivity index (χ3n) is 3.70. The van der Waals surface area contributed by atoms with E-state index >= 15 is 0 Å². The summed E-state index contributed by atoms with van der Waals surface area (Å²) in [5.74, 6) is 5.14. The lowest BCUT2D eigenvalue weighted by atomic mass is 9.98. The maximum atomic E-state index is 6.08. The first kappa shape index (κ1) is 12.5. The molecule has 4 rings (SSSR count). The molecule has 0 atom stereocenters. The number of rotatable bonds is 1. The van der Waals surface area contributed by atoms with Gasteiger partial charge in [-0.3, -0.25) is 0 Å². The van der Waals surface area contributed by atoms with E-state index in [4.69, 9.17) is 9.47 Å². The largest absolute Gasteiger partial charge is 0.497 e. The van der Waals surface area contributed by atoms with Gasteiger partial charge in [-0.05, 0) is 24.3 Å². The average molecular weight is 302 g/mol. The fraction of sp³-hybridized carbons (Fsp3) is 0.250. The standard InChI is InChI=1S/C16H14O2S2/c1-17-11-6-7-15-13(10-11)16(19-8-9-20-16)12-4-2-3-5-14(12)18-15/h2-7,10H,8-9H2,1H3. The highest BCUT2D eigenvalue weighted by Crippen LogP contribution is 2.63. The predicted molar refractivity (Wildman–Crippen MR) is 85.2 cm³/mol. The van der Waals surface area contributed by atoms with E-state index in [1.54, 1.807) is 7.11 Å². The van der Waals surface area contributed by atoms with Crippen molar-refractivity contribution in [2.24, 2.45) is 0 Å². The van der Waals surface area contributed by atoms with Crippen LogP contribution in [0.1, 0.15) is 11.1 Å². The van der Waals surface area contributed by atoms with E-state index < -0.39 is 0 Å². The second-order valence-corrected chi connectivity index (χ2v) is 7.65. The number of methoxy groups -OCH3 is 1. The fourth-order valence-corrected chi connectivity index (χ4v) is 6.15. The molecule has 2 aliphatic rings. The summed E-state index contributed by atoms with van der Waals surface area (Å²) in [4.78, 5) is 0. The highest BCUT2D eigenvalue weighted by Gasteiger charge is 2.46. The van der Waals surface area contributed by atoms with Crippen LogP contribution in [0, 0.1) is 0 Å². The SMILES string of the molecule is COc1ccc2c(c1)C1(SCCS1)c1ccccc1O2. The van der Waals surface area contributed by atoms with Crippen molar-refractivity contribution in [1.29, 1.82) is 0 Å². The molecule has 4 heteroatoms. The number of fused-ring (bicyclic) bond motifs is 4. The number of ether oxygens (including phenoxy) is 2. The third kappa shape index (κ3) is 1.68. The maximum Gasteiger partial charge on any atom is 0.133 e. The Bertz CT molecular complexity index is 663. The van der Waals surface area contributed by atoms with Crippen LogP contribution in [-0.4, -0.2) is 18.6 Å². The lowest BCUT2D eigenvalue weighted by molar-refractivity contribution is 0.409. The molecular formula is C16H14O2S2. The molecule has 0 aromatic heterocycles. The maximum absolute atomic E-state index is 6.08. The normalized spacial score (nSPS) is 18.2. The van der Waals surface area contributed by atoms with Crippen LogP contribution >= 0.6 is 23.5 Å². The summed E-state index contributed by atoms with van der Waals surface area (Å²) < 4.78 is 11.4. The van der Waals surface area contributed by atoms with E-state index in [1.807, 2.05) is 41.7 Å². The summed E-state index contributed by atoms with van der Waals surface area (Å²) in [6, 6.07) is 14.5. The fourth-order valence-electron chi connectivity index (χ4n) is 2.80. The molecule has 0 saturated carbocycles. The minimum absolute atomic E-state index is 0.0429. The highest BCUT2D eigenvalue weighted by molar-refractivity contribution is 8.20. The van der Waals surface area contributed by atoms with E-state index in [9.17, 15) is 0 Å². The molecule has 102 valence electrons. The summed E-state index contributed by atoms with van der Waals surface area (Å²) in [5.41, 5.74) is 2.50. The van der Waals surface area contributed by atoms with Crippen molar-refractivity contribution in [3.8, 4) is 17.2 Å². The van der Waals surface area contributed by atoms with Gasteiger partial charge < -0.3 is 9.47 Å². The van der Waals surface area contributed by atoms with Gasteiger partial charge in [0, 0.05) is 22.6 Å². The number of thioether (sulfide) groups is 2. The Morgan fingerprint density at radius 3 is 2.55 bits per heavy atom. The van der Waals surface area contributed by atoms with Gasteiger partial charge in [-0.1, -0.05) is 18.2 Å². The third-order valence-corrected chi connectivity index (χ3v) is 7.17. The lowest BCUT2D eigenvalue weighted by Crippen LogP contribution is -2.22. The van der Waals surface area contributed by atoms with E-state index in [2.05, 4.69) is 24.3 Å². The Balaban J connectivity index is 1.97. The molecule has 0 amide bonds. The van der Waals surface area contributed by atoms with E-state index in [0.717, 1.165) is 28.8 Å². The van der Waals surface area contributed by atoms with E-state index in [1.165, 1.54) is 11.1 Å². The monoisotopic (exact) mass is 302 g/mol. The average Bonchev–Trinajstić information content (AvgIpc) is 2.98. The molecule has 1 saturated heterocycles. The number of hydrogen-bond acceptors (Lipinski definition) is 4. The molecule has 0 bridgehead atoms. The summed E-state index contributed by atoms with van der Waals surface area (Å²) in [5, 5.41) is 0. The molecule has 2 nitrogen and oxygen atoms in total. The van der Waals surface area contributed by atoms with Crippen molar-refractivity contribution in [2.75, 3.05) is 18.6 Å². The van der Waals surface area contributed by atoms with Gasteiger partial charge in [0.2, 0.25) is 0 Å². The minimum Gasteiger partial charge on any atom is -0.497 e. The van der Waals surface area contributed by atoms with Gasteiger partial charge in [0.25, 0.3) is 0 Å². The van der Waals surface area contributed by atoms with Crippen LogP contribution in [0.4, 0.5) is 0 Å². The predicted octanol–water partition coefficient (Wildman–Crippen LogP) is 4.48. The second-order valence-electron chi connectivity index (χ2n) is 4.77. The van der Waals surface area contributed by atoms with Crippen LogP contribution in [0.15, 0.2) is 42.5 Å². The molecule has 0 N–H and O–H groups in total. The van der Waals surface area contributed by atoms with Gasteiger partial charge >= 0.3 is 0 Å². The summed E-state index contributed by atoms with van der Waals surface area (Å²) in [7, 11) is 1.71. The quantitative estimate of drug-likeness (QED) is 0.772. The Kier molecular flexibility index (Phi) is 2.89. The first-order valence-corrected chi connectivity index (χ1v) is 8.54. The van der Waals surface area contributed by atoms with Gasteiger partial charge in [-0.15, -0.1) is 23.5 Å². The van der Waals surface area contributed by atoms with Gasteiger partial charge in [0.1, 0.15) is 21.3 Å². The number of benzene rings is 2. The van der Waals surface area contributed by atoms with Crippen LogP contribution in [0.5, 0.6) is 17.2 Å².